The molecule has 7 nitrogen and oxygen atoms in total. The number of phenols is 1. The second-order valence-corrected chi connectivity index (χ2v) is 9.92. The molecular weight excluding hydrogens is 466 g/mol. The summed E-state index contributed by atoms with van der Waals surface area (Å²) in [6.07, 6.45) is 0. The minimum atomic E-state index is -0.0889. The van der Waals surface area contributed by atoms with E-state index in [4.69, 9.17) is 9.47 Å². The van der Waals surface area contributed by atoms with Crippen molar-refractivity contribution < 1.29 is 19.4 Å². The zero-order valence-corrected chi connectivity index (χ0v) is 22.1. The fourth-order valence-corrected chi connectivity index (χ4v) is 4.71. The van der Waals surface area contributed by atoms with Crippen LogP contribution >= 0.6 is 0 Å². The number of nitrogens with one attached hydrogen (secondary N) is 1. The van der Waals surface area contributed by atoms with Crippen LogP contribution < -0.4 is 19.7 Å². The van der Waals surface area contributed by atoms with Crippen LogP contribution in [-0.2, 0) is 0 Å². The van der Waals surface area contributed by atoms with Gasteiger partial charge in [0.05, 0.1) is 7.11 Å². The highest BCUT2D eigenvalue weighted by atomic mass is 16.5. The number of phenolic OH excluding ortho intramolecular Hbond substituents is 1. The first-order chi connectivity index (χ1) is 17.8. The molecule has 1 aliphatic rings. The third-order valence-electron chi connectivity index (χ3n) is 6.86. The number of ether oxygens (including phenoxy) is 2. The average molecular weight is 504 g/mol. The highest BCUT2D eigenvalue weighted by Gasteiger charge is 2.27. The van der Waals surface area contributed by atoms with Gasteiger partial charge < -0.3 is 24.8 Å². The van der Waals surface area contributed by atoms with Crippen LogP contribution in [0.25, 0.3) is 0 Å². The van der Waals surface area contributed by atoms with Crippen LogP contribution in [0.1, 0.15) is 31.1 Å². The Morgan fingerprint density at radius 2 is 1.76 bits per heavy atom. The van der Waals surface area contributed by atoms with Gasteiger partial charge in [-0.25, -0.2) is 0 Å². The lowest BCUT2D eigenvalue weighted by Crippen LogP contribution is -2.56. The quantitative estimate of drug-likeness (QED) is 0.420. The first-order valence-corrected chi connectivity index (χ1v) is 12.8. The van der Waals surface area contributed by atoms with Gasteiger partial charge in [-0.3, -0.25) is 9.69 Å². The van der Waals surface area contributed by atoms with E-state index >= 15 is 0 Å². The van der Waals surface area contributed by atoms with Crippen LogP contribution in [0.2, 0.25) is 0 Å². The van der Waals surface area contributed by atoms with Gasteiger partial charge in [0.1, 0.15) is 11.5 Å². The van der Waals surface area contributed by atoms with E-state index in [1.807, 2.05) is 42.5 Å². The molecule has 37 heavy (non-hydrogen) atoms. The van der Waals surface area contributed by atoms with Crippen molar-refractivity contribution >= 4 is 11.6 Å². The number of aromatic hydroxyl groups is 1. The number of para-hydroxylation sites is 2. The summed E-state index contributed by atoms with van der Waals surface area (Å²) < 4.78 is 11.3. The van der Waals surface area contributed by atoms with Gasteiger partial charge in [0.25, 0.3) is 5.91 Å². The van der Waals surface area contributed by atoms with Gasteiger partial charge in [-0.2, -0.15) is 0 Å². The Bertz CT molecular complexity index is 1180. The van der Waals surface area contributed by atoms with E-state index in [0.717, 1.165) is 31.9 Å². The Hall–Kier alpha value is -3.71. The minimum Gasteiger partial charge on any atom is -0.508 e. The van der Waals surface area contributed by atoms with Crippen LogP contribution in [-0.4, -0.2) is 61.3 Å². The summed E-state index contributed by atoms with van der Waals surface area (Å²) in [5, 5.41) is 13.1. The van der Waals surface area contributed by atoms with Crippen LogP contribution in [0.5, 0.6) is 23.0 Å². The molecule has 1 amide bonds. The molecule has 1 heterocycles. The van der Waals surface area contributed by atoms with Crippen LogP contribution in [0.4, 0.5) is 5.69 Å². The second-order valence-electron chi connectivity index (χ2n) is 9.92. The monoisotopic (exact) mass is 503 g/mol. The maximum Gasteiger partial charge on any atom is 0.251 e. The van der Waals surface area contributed by atoms with Gasteiger partial charge in [-0.05, 0) is 61.4 Å². The van der Waals surface area contributed by atoms with E-state index in [0.29, 0.717) is 28.9 Å². The number of carbonyl (C=O) groups is 1. The van der Waals surface area contributed by atoms with E-state index < -0.39 is 0 Å². The van der Waals surface area contributed by atoms with Crippen LogP contribution in [0, 0.1) is 5.92 Å². The number of carbonyl (C=O) groups excluding carboxylic acids is 1. The number of hydrogen-bond donors (Lipinski definition) is 2. The molecule has 2 N–H and O–H groups in total. The molecular formula is C30H37N3O4. The molecule has 0 radical (unpaired) electrons. The highest BCUT2D eigenvalue weighted by molar-refractivity contribution is 5.94. The Morgan fingerprint density at radius 3 is 2.41 bits per heavy atom. The number of rotatable bonds is 9. The number of nitrogens with zero attached hydrogens (tertiary/aromatic N) is 2. The van der Waals surface area contributed by atoms with Gasteiger partial charge in [0.15, 0.2) is 11.5 Å². The maximum absolute atomic E-state index is 13.1. The van der Waals surface area contributed by atoms with E-state index in [2.05, 4.69) is 35.9 Å². The van der Waals surface area contributed by atoms with E-state index in [9.17, 15) is 9.90 Å². The van der Waals surface area contributed by atoms with Crippen molar-refractivity contribution in [2.75, 3.05) is 38.2 Å². The molecule has 0 aliphatic carbocycles. The maximum atomic E-state index is 13.1. The van der Waals surface area contributed by atoms with Crippen molar-refractivity contribution in [3.63, 3.8) is 0 Å². The number of amides is 1. The number of benzene rings is 3. The summed E-state index contributed by atoms with van der Waals surface area (Å²) in [6, 6.07) is 22.4. The van der Waals surface area contributed by atoms with Crippen molar-refractivity contribution in [1.29, 1.82) is 0 Å². The molecule has 7 heteroatoms. The molecule has 0 saturated carbocycles. The average Bonchev–Trinajstić information content (AvgIpc) is 2.89. The minimum absolute atomic E-state index is 0.0246. The van der Waals surface area contributed by atoms with Gasteiger partial charge >= 0.3 is 0 Å². The molecule has 0 aromatic heterocycles. The van der Waals surface area contributed by atoms with Crippen molar-refractivity contribution in [2.24, 2.45) is 5.92 Å². The fraction of sp³-hybridized carbons (Fsp3) is 0.367. The van der Waals surface area contributed by atoms with Crippen molar-refractivity contribution in [1.82, 2.24) is 10.2 Å². The summed E-state index contributed by atoms with van der Waals surface area (Å²) in [5.41, 5.74) is 1.64. The van der Waals surface area contributed by atoms with E-state index in [1.165, 1.54) is 0 Å². The predicted octanol–water partition coefficient (Wildman–Crippen LogP) is 5.16. The Balaban J connectivity index is 1.34. The molecule has 196 valence electrons. The van der Waals surface area contributed by atoms with Crippen molar-refractivity contribution in [2.45, 2.75) is 32.9 Å². The van der Waals surface area contributed by atoms with E-state index in [1.54, 1.807) is 37.4 Å². The van der Waals surface area contributed by atoms with Gasteiger partial charge in [-0.1, -0.05) is 32.0 Å². The molecule has 3 aromatic rings. The molecule has 1 aliphatic heterocycles. The third kappa shape index (κ3) is 6.74. The fourth-order valence-electron chi connectivity index (χ4n) is 4.71. The highest BCUT2D eigenvalue weighted by Crippen LogP contribution is 2.31. The largest absolute Gasteiger partial charge is 0.508 e. The standard InChI is InChI=1S/C30H37N3O4/c1-21(2)27(20-32-16-17-33(22(3)19-32)24-8-7-9-25(34)18-24)31-30(35)23-12-14-26(15-13-23)37-29-11-6-5-10-28(29)36-4/h5-15,18,21-22,27,34H,16-17,19-20H2,1-4H3,(H,31,35)/t22-,27+/m0/s1. The van der Waals surface area contributed by atoms with E-state index in [-0.39, 0.29) is 23.6 Å². The number of anilines is 1. The number of methoxy groups -OCH3 is 1. The molecule has 0 bridgehead atoms. The summed E-state index contributed by atoms with van der Waals surface area (Å²) in [6.45, 7) is 9.93. The molecule has 2 atom stereocenters. The Morgan fingerprint density at radius 1 is 1.03 bits per heavy atom. The lowest BCUT2D eigenvalue weighted by Gasteiger charge is -2.42. The van der Waals surface area contributed by atoms with Crippen LogP contribution in [0.3, 0.4) is 0 Å². The summed E-state index contributed by atoms with van der Waals surface area (Å²) in [5.74, 6) is 2.40. The molecule has 4 rings (SSSR count). The topological polar surface area (TPSA) is 74.3 Å². The first-order valence-electron chi connectivity index (χ1n) is 12.8. The second kappa shape index (κ2) is 12.0. The summed E-state index contributed by atoms with van der Waals surface area (Å²) in [4.78, 5) is 17.8. The van der Waals surface area contributed by atoms with Crippen molar-refractivity contribution in [3.8, 4) is 23.0 Å². The van der Waals surface area contributed by atoms with Crippen molar-refractivity contribution in [3.05, 3.63) is 78.4 Å². The summed E-state index contributed by atoms with van der Waals surface area (Å²) >= 11 is 0. The Labute approximate surface area is 219 Å². The van der Waals surface area contributed by atoms with Crippen LogP contribution in [0.15, 0.2) is 72.8 Å². The van der Waals surface area contributed by atoms with Gasteiger partial charge in [0.2, 0.25) is 0 Å². The zero-order valence-electron chi connectivity index (χ0n) is 22.1. The molecule has 0 unspecified atom stereocenters. The molecule has 3 aromatic carbocycles. The predicted molar refractivity (Wildman–Crippen MR) is 147 cm³/mol. The lowest BCUT2D eigenvalue weighted by atomic mass is 10.0. The SMILES string of the molecule is COc1ccccc1Oc1ccc(C(=O)N[C@H](CN2CCN(c3cccc(O)c3)[C@@H](C)C2)C(C)C)cc1. The Kier molecular flexibility index (Phi) is 8.56. The molecule has 0 spiro atoms. The van der Waals surface area contributed by atoms with Gasteiger partial charge in [-0.15, -0.1) is 0 Å². The first kappa shape index (κ1) is 26.4. The normalized spacial score (nSPS) is 16.9. The number of piperazine rings is 1. The smallest absolute Gasteiger partial charge is 0.251 e. The molecule has 1 saturated heterocycles. The molecule has 1 fully saturated rings. The zero-order chi connectivity index (χ0) is 26.4. The van der Waals surface area contributed by atoms with Gasteiger partial charge in [0, 0.05) is 55.6 Å². The third-order valence-corrected chi connectivity index (χ3v) is 6.86. The lowest BCUT2D eigenvalue weighted by molar-refractivity contribution is 0.0903. The summed E-state index contributed by atoms with van der Waals surface area (Å²) in [7, 11) is 1.61. The number of hydrogen-bond acceptors (Lipinski definition) is 6.